The van der Waals surface area contributed by atoms with Crippen LogP contribution in [0.25, 0.3) is 0 Å². The van der Waals surface area contributed by atoms with E-state index in [9.17, 15) is 22.4 Å². The largest absolute Gasteiger partial charge is 0.397 e. The van der Waals surface area contributed by atoms with Gasteiger partial charge in [-0.2, -0.15) is 5.26 Å². The Bertz CT molecular complexity index is 1120. The van der Waals surface area contributed by atoms with Gasteiger partial charge in [-0.15, -0.1) is 0 Å². The molecule has 1 amide bonds. The number of carbonyl (C=O) groups is 1. The summed E-state index contributed by atoms with van der Waals surface area (Å²) in [4.78, 5) is 20.2. The first-order valence-corrected chi connectivity index (χ1v) is 9.19. The molecule has 0 bridgehead atoms. The highest BCUT2D eigenvalue weighted by Crippen LogP contribution is 2.37. The molecule has 168 valence electrons. The Balaban J connectivity index is 1.96. The van der Waals surface area contributed by atoms with Crippen LogP contribution in [0.4, 0.5) is 28.9 Å². The summed E-state index contributed by atoms with van der Waals surface area (Å²) in [7, 11) is 0. The van der Waals surface area contributed by atoms with Gasteiger partial charge in [0.25, 0.3) is 5.91 Å². The number of rotatable bonds is 6. The maximum atomic E-state index is 14.6. The van der Waals surface area contributed by atoms with Crippen molar-refractivity contribution >= 4 is 23.1 Å². The Morgan fingerprint density at radius 3 is 2.50 bits per heavy atom. The Kier molecular flexibility index (Phi) is 6.31. The summed E-state index contributed by atoms with van der Waals surface area (Å²) < 4.78 is 60.5. The molecule has 1 aliphatic heterocycles. The molecule has 2 aromatic rings. The van der Waals surface area contributed by atoms with Gasteiger partial charge in [0.15, 0.2) is 11.3 Å². The number of nitrogen functional groups attached to an aromatic ring is 1. The summed E-state index contributed by atoms with van der Waals surface area (Å²) in [5.41, 5.74) is 6.83. The molecule has 0 saturated heterocycles. The molecular weight excluding hydrogens is 432 g/mol. The standard InChI is InChI=1S/C20H18F4N6O2/c21-7-19(10-32-20(8-22,9-23)18(27)30-19)13-4-12(1-2-14(13)24)29-17(31)16-15(26)3-11(5-25)6-28-16/h1-4,6H,7-10,26H2,(H2,27,30)(H,29,31)/t19-/m0/s1. The SMILES string of the molecule is N#Cc1cnc(C(=O)Nc2ccc(F)c([C@]3(CF)COC(CF)(CF)C(N)=N3)c2)c(N)c1. The number of anilines is 2. The van der Waals surface area contributed by atoms with Gasteiger partial charge in [-0.3, -0.25) is 9.79 Å². The van der Waals surface area contributed by atoms with Crippen molar-refractivity contribution in [1.82, 2.24) is 4.98 Å². The zero-order valence-electron chi connectivity index (χ0n) is 16.5. The van der Waals surface area contributed by atoms with Crippen LogP contribution in [-0.2, 0) is 10.3 Å². The number of hydrogen-bond acceptors (Lipinski definition) is 7. The summed E-state index contributed by atoms with van der Waals surface area (Å²) in [6.07, 6.45) is 1.15. The van der Waals surface area contributed by atoms with Gasteiger partial charge in [-0.05, 0) is 24.3 Å². The van der Waals surface area contributed by atoms with E-state index in [2.05, 4.69) is 15.3 Å². The molecule has 1 aromatic carbocycles. The summed E-state index contributed by atoms with van der Waals surface area (Å²) in [5.74, 6) is -2.31. The molecule has 32 heavy (non-hydrogen) atoms. The lowest BCUT2D eigenvalue weighted by Gasteiger charge is -2.40. The van der Waals surface area contributed by atoms with Crippen LogP contribution < -0.4 is 16.8 Å². The zero-order valence-corrected chi connectivity index (χ0v) is 16.5. The van der Waals surface area contributed by atoms with Crippen molar-refractivity contribution in [3.05, 3.63) is 53.1 Å². The van der Waals surface area contributed by atoms with E-state index >= 15 is 0 Å². The second-order valence-electron chi connectivity index (χ2n) is 7.13. The number of benzene rings is 1. The van der Waals surface area contributed by atoms with Crippen LogP contribution >= 0.6 is 0 Å². The fourth-order valence-electron chi connectivity index (χ4n) is 3.11. The van der Waals surface area contributed by atoms with Crippen LogP contribution in [0.3, 0.4) is 0 Å². The zero-order chi connectivity index (χ0) is 23.5. The lowest BCUT2D eigenvalue weighted by atomic mass is 9.88. The molecule has 1 atom stereocenters. The third-order valence-corrected chi connectivity index (χ3v) is 5.03. The van der Waals surface area contributed by atoms with E-state index in [4.69, 9.17) is 21.5 Å². The fourth-order valence-corrected chi connectivity index (χ4v) is 3.11. The number of nitrogens with one attached hydrogen (secondary N) is 1. The van der Waals surface area contributed by atoms with E-state index in [1.807, 2.05) is 6.07 Å². The van der Waals surface area contributed by atoms with Crippen LogP contribution in [-0.4, -0.2) is 49.0 Å². The number of nitriles is 1. The van der Waals surface area contributed by atoms with E-state index in [0.717, 1.165) is 18.3 Å². The maximum absolute atomic E-state index is 14.6. The Hall–Kier alpha value is -3.72. The number of aromatic nitrogens is 1. The number of ether oxygens (including phenoxy) is 1. The van der Waals surface area contributed by atoms with Crippen LogP contribution in [0, 0.1) is 17.1 Å². The topological polar surface area (TPSA) is 139 Å². The van der Waals surface area contributed by atoms with E-state index in [-0.39, 0.29) is 28.2 Å². The molecule has 8 nitrogen and oxygen atoms in total. The number of amidine groups is 1. The number of carbonyl (C=O) groups excluding carboxylic acids is 1. The van der Waals surface area contributed by atoms with Gasteiger partial charge in [-0.25, -0.2) is 22.5 Å². The summed E-state index contributed by atoms with van der Waals surface area (Å²) in [6, 6.07) is 6.35. The van der Waals surface area contributed by atoms with Gasteiger partial charge in [0.1, 0.15) is 43.3 Å². The summed E-state index contributed by atoms with van der Waals surface area (Å²) in [6.45, 7) is -4.64. The van der Waals surface area contributed by atoms with Crippen molar-refractivity contribution in [2.75, 3.05) is 37.7 Å². The van der Waals surface area contributed by atoms with E-state index < -0.39 is 55.3 Å². The van der Waals surface area contributed by atoms with Crippen LogP contribution in [0.1, 0.15) is 21.6 Å². The van der Waals surface area contributed by atoms with Gasteiger partial charge >= 0.3 is 0 Å². The smallest absolute Gasteiger partial charge is 0.276 e. The van der Waals surface area contributed by atoms with Crippen molar-refractivity contribution in [1.29, 1.82) is 5.26 Å². The predicted molar refractivity (Wildman–Crippen MR) is 108 cm³/mol. The molecule has 0 aliphatic carbocycles. The minimum atomic E-state index is -2.15. The maximum Gasteiger partial charge on any atom is 0.276 e. The van der Waals surface area contributed by atoms with Gasteiger partial charge < -0.3 is 21.5 Å². The molecule has 0 fully saturated rings. The number of alkyl halides is 3. The first-order chi connectivity index (χ1) is 15.2. The van der Waals surface area contributed by atoms with Crippen LogP contribution in [0.2, 0.25) is 0 Å². The van der Waals surface area contributed by atoms with Crippen molar-refractivity contribution < 1.29 is 27.1 Å². The van der Waals surface area contributed by atoms with Crippen molar-refractivity contribution in [3.8, 4) is 6.07 Å². The number of hydrogen-bond donors (Lipinski definition) is 3. The molecule has 0 spiro atoms. The normalized spacial score (nSPS) is 19.7. The second-order valence-corrected chi connectivity index (χ2v) is 7.13. The van der Waals surface area contributed by atoms with Crippen LogP contribution in [0.5, 0.6) is 0 Å². The van der Waals surface area contributed by atoms with Crippen molar-refractivity contribution in [2.24, 2.45) is 10.7 Å². The molecule has 0 unspecified atom stereocenters. The van der Waals surface area contributed by atoms with Gasteiger partial charge in [0.05, 0.1) is 17.9 Å². The highest BCUT2D eigenvalue weighted by molar-refractivity contribution is 6.06. The molecule has 1 aromatic heterocycles. The predicted octanol–water partition coefficient (Wildman–Crippen LogP) is 2.16. The highest BCUT2D eigenvalue weighted by Gasteiger charge is 2.48. The number of halogens is 4. The molecule has 2 heterocycles. The van der Waals surface area contributed by atoms with E-state index in [1.54, 1.807) is 0 Å². The number of aliphatic imine (C=N–C) groups is 1. The van der Waals surface area contributed by atoms with Gasteiger partial charge in [0.2, 0.25) is 0 Å². The fraction of sp³-hybridized carbons (Fsp3) is 0.300. The number of amides is 1. The first-order valence-electron chi connectivity index (χ1n) is 9.19. The molecule has 3 rings (SSSR count). The minimum Gasteiger partial charge on any atom is -0.397 e. The van der Waals surface area contributed by atoms with E-state index in [1.165, 1.54) is 12.1 Å². The Morgan fingerprint density at radius 1 is 1.22 bits per heavy atom. The molecule has 1 aliphatic rings. The summed E-state index contributed by atoms with van der Waals surface area (Å²) >= 11 is 0. The van der Waals surface area contributed by atoms with Gasteiger partial charge in [0, 0.05) is 17.4 Å². The molecule has 0 radical (unpaired) electrons. The lowest BCUT2D eigenvalue weighted by Crippen LogP contribution is -2.58. The molecule has 0 saturated carbocycles. The van der Waals surface area contributed by atoms with E-state index in [0.29, 0.717) is 0 Å². The monoisotopic (exact) mass is 450 g/mol. The number of nitrogens with zero attached hydrogens (tertiary/aromatic N) is 3. The minimum absolute atomic E-state index is 0.0337. The molecule has 12 heteroatoms. The van der Waals surface area contributed by atoms with Crippen molar-refractivity contribution in [2.45, 2.75) is 11.1 Å². The third-order valence-electron chi connectivity index (χ3n) is 5.03. The molecular formula is C20H18F4N6O2. The number of nitrogens with two attached hydrogens (primary N) is 2. The van der Waals surface area contributed by atoms with Gasteiger partial charge in [-0.1, -0.05) is 0 Å². The molecule has 5 N–H and O–H groups in total. The first kappa shape index (κ1) is 23.0. The lowest BCUT2D eigenvalue weighted by molar-refractivity contribution is -0.0644. The average molecular weight is 450 g/mol. The highest BCUT2D eigenvalue weighted by atomic mass is 19.1. The number of pyridine rings is 1. The summed E-state index contributed by atoms with van der Waals surface area (Å²) in [5, 5.41) is 11.3. The Labute approximate surface area is 179 Å². The average Bonchev–Trinajstić information content (AvgIpc) is 2.80. The second kappa shape index (κ2) is 8.80. The van der Waals surface area contributed by atoms with Crippen molar-refractivity contribution in [3.63, 3.8) is 0 Å². The van der Waals surface area contributed by atoms with Crippen LogP contribution in [0.15, 0.2) is 35.5 Å². The third kappa shape index (κ3) is 3.94. The Morgan fingerprint density at radius 2 is 1.94 bits per heavy atom. The quantitative estimate of drug-likeness (QED) is 0.577.